The van der Waals surface area contributed by atoms with Crippen LogP contribution in [0.2, 0.25) is 0 Å². The van der Waals surface area contributed by atoms with E-state index >= 15 is 0 Å². The third-order valence-corrected chi connectivity index (χ3v) is 5.38. The second-order valence-electron chi connectivity index (χ2n) is 7.33. The summed E-state index contributed by atoms with van der Waals surface area (Å²) in [5.74, 6) is 0.724. The fourth-order valence-electron chi connectivity index (χ4n) is 3.94. The molecule has 0 bridgehead atoms. The molecule has 136 valence electrons. The summed E-state index contributed by atoms with van der Waals surface area (Å²) in [6, 6.07) is 0.120. The Morgan fingerprint density at radius 2 is 2.00 bits per heavy atom. The van der Waals surface area contributed by atoms with Gasteiger partial charge in [0.15, 0.2) is 0 Å². The van der Waals surface area contributed by atoms with Crippen molar-refractivity contribution in [1.82, 2.24) is 20.0 Å². The maximum absolute atomic E-state index is 12.6. The van der Waals surface area contributed by atoms with Crippen molar-refractivity contribution in [2.45, 2.75) is 31.7 Å². The minimum atomic E-state index is 0.0365. The molecule has 1 N–H and O–H groups in total. The highest BCUT2D eigenvalue weighted by Crippen LogP contribution is 2.19. The molecule has 0 aromatic heterocycles. The van der Waals surface area contributed by atoms with Gasteiger partial charge in [-0.25, -0.2) is 4.79 Å². The van der Waals surface area contributed by atoms with Crippen LogP contribution in [0.4, 0.5) is 4.79 Å². The van der Waals surface area contributed by atoms with Gasteiger partial charge < -0.3 is 19.9 Å². The van der Waals surface area contributed by atoms with Crippen molar-refractivity contribution in [2.75, 3.05) is 59.5 Å². The Balaban J connectivity index is 1.45. The lowest BCUT2D eigenvalue weighted by Gasteiger charge is -2.38. The minimum absolute atomic E-state index is 0.0365. The predicted octanol–water partition coefficient (Wildman–Crippen LogP) is 0.361. The van der Waals surface area contributed by atoms with E-state index in [1.807, 2.05) is 4.90 Å². The number of hydrogen-bond donors (Lipinski definition) is 1. The first kappa shape index (κ1) is 17.5. The number of nitrogens with one attached hydrogen (secondary N) is 1. The molecule has 0 aliphatic carbocycles. The van der Waals surface area contributed by atoms with E-state index in [0.29, 0.717) is 18.9 Å². The van der Waals surface area contributed by atoms with Crippen molar-refractivity contribution in [3.63, 3.8) is 0 Å². The fourth-order valence-corrected chi connectivity index (χ4v) is 3.94. The minimum Gasteiger partial charge on any atom is -0.379 e. The highest BCUT2D eigenvalue weighted by molar-refractivity contribution is 5.78. The molecule has 24 heavy (non-hydrogen) atoms. The van der Waals surface area contributed by atoms with Gasteiger partial charge in [0.25, 0.3) is 0 Å². The van der Waals surface area contributed by atoms with Crippen molar-refractivity contribution in [1.29, 1.82) is 0 Å². The van der Waals surface area contributed by atoms with Gasteiger partial charge >= 0.3 is 6.03 Å². The van der Waals surface area contributed by atoms with E-state index in [9.17, 15) is 9.59 Å². The standard InChI is InChI=1S/C17H30N4O3/c1-19-13-15(4-5-16(19)22)18-17(23)21-6-2-3-14(12-21)11-20-7-9-24-10-8-20/h14-15H,2-13H2,1H3,(H,18,23)/t14-,15?/m1/s1. The van der Waals surface area contributed by atoms with Gasteiger partial charge in [-0.1, -0.05) is 0 Å². The van der Waals surface area contributed by atoms with Crippen LogP contribution < -0.4 is 5.32 Å². The number of piperidine rings is 2. The maximum atomic E-state index is 12.6. The topological polar surface area (TPSA) is 65.1 Å². The number of ether oxygens (including phenoxy) is 1. The highest BCUT2D eigenvalue weighted by Gasteiger charge is 2.29. The van der Waals surface area contributed by atoms with Crippen LogP contribution in [0.1, 0.15) is 25.7 Å². The van der Waals surface area contributed by atoms with Gasteiger partial charge in [0.1, 0.15) is 0 Å². The summed E-state index contributed by atoms with van der Waals surface area (Å²) >= 11 is 0. The fraction of sp³-hybridized carbons (Fsp3) is 0.882. The van der Waals surface area contributed by atoms with Crippen molar-refractivity contribution in [3.8, 4) is 0 Å². The Bertz CT molecular complexity index is 453. The number of amides is 3. The lowest BCUT2D eigenvalue weighted by Crippen LogP contribution is -2.54. The van der Waals surface area contributed by atoms with E-state index in [4.69, 9.17) is 4.74 Å². The first-order chi connectivity index (χ1) is 11.6. The van der Waals surface area contributed by atoms with Crippen LogP contribution in [-0.2, 0) is 9.53 Å². The summed E-state index contributed by atoms with van der Waals surface area (Å²) in [5, 5.41) is 3.12. The van der Waals surface area contributed by atoms with E-state index in [0.717, 1.165) is 58.8 Å². The molecule has 0 radical (unpaired) electrons. The number of carbonyl (C=O) groups is 2. The zero-order chi connectivity index (χ0) is 16.9. The lowest BCUT2D eigenvalue weighted by atomic mass is 9.97. The summed E-state index contributed by atoms with van der Waals surface area (Å²) < 4.78 is 5.40. The van der Waals surface area contributed by atoms with Crippen molar-refractivity contribution in [2.24, 2.45) is 5.92 Å². The summed E-state index contributed by atoms with van der Waals surface area (Å²) in [6.07, 6.45) is 3.55. The quantitative estimate of drug-likeness (QED) is 0.807. The second kappa shape index (κ2) is 8.16. The molecular weight excluding hydrogens is 308 g/mol. The number of likely N-dealkylation sites (N-methyl/N-ethyl adjacent to an activating group) is 1. The van der Waals surface area contributed by atoms with Crippen LogP contribution in [0.5, 0.6) is 0 Å². The van der Waals surface area contributed by atoms with Gasteiger partial charge in [-0.05, 0) is 25.2 Å². The average molecular weight is 338 g/mol. The third-order valence-electron chi connectivity index (χ3n) is 5.38. The second-order valence-corrected chi connectivity index (χ2v) is 7.33. The average Bonchev–Trinajstić information content (AvgIpc) is 2.59. The first-order valence-corrected chi connectivity index (χ1v) is 9.21. The van der Waals surface area contributed by atoms with Crippen molar-refractivity contribution >= 4 is 11.9 Å². The van der Waals surface area contributed by atoms with Crippen LogP contribution in [-0.4, -0.2) is 92.2 Å². The van der Waals surface area contributed by atoms with Gasteiger partial charge in [-0.2, -0.15) is 0 Å². The number of urea groups is 1. The zero-order valence-corrected chi connectivity index (χ0v) is 14.7. The summed E-state index contributed by atoms with van der Waals surface area (Å²) in [5.41, 5.74) is 0. The Kier molecular flexibility index (Phi) is 5.94. The summed E-state index contributed by atoms with van der Waals surface area (Å²) in [4.78, 5) is 30.3. The van der Waals surface area contributed by atoms with E-state index in [1.54, 1.807) is 11.9 Å². The number of morpholine rings is 1. The molecule has 3 saturated heterocycles. The van der Waals surface area contributed by atoms with Gasteiger partial charge in [0.05, 0.1) is 13.2 Å². The Hall–Kier alpha value is -1.34. The van der Waals surface area contributed by atoms with E-state index in [1.165, 1.54) is 6.42 Å². The van der Waals surface area contributed by atoms with Gasteiger partial charge in [-0.3, -0.25) is 9.69 Å². The molecule has 7 nitrogen and oxygen atoms in total. The number of nitrogens with zero attached hydrogens (tertiary/aromatic N) is 3. The molecular formula is C17H30N4O3. The molecule has 3 heterocycles. The SMILES string of the molecule is CN1CC(NC(=O)N2CCC[C@H](CN3CCOCC3)C2)CCC1=O. The molecule has 0 aromatic rings. The molecule has 0 spiro atoms. The Morgan fingerprint density at radius 1 is 1.21 bits per heavy atom. The predicted molar refractivity (Wildman–Crippen MR) is 90.7 cm³/mol. The molecule has 3 fully saturated rings. The normalized spacial score (nSPS) is 29.6. The Labute approximate surface area is 144 Å². The molecule has 2 atom stereocenters. The molecule has 3 aliphatic rings. The molecule has 0 aromatic carbocycles. The smallest absolute Gasteiger partial charge is 0.317 e. The van der Waals surface area contributed by atoms with Crippen LogP contribution >= 0.6 is 0 Å². The monoisotopic (exact) mass is 338 g/mol. The largest absolute Gasteiger partial charge is 0.379 e. The highest BCUT2D eigenvalue weighted by atomic mass is 16.5. The van der Waals surface area contributed by atoms with E-state index in [-0.39, 0.29) is 18.0 Å². The first-order valence-electron chi connectivity index (χ1n) is 9.21. The zero-order valence-electron chi connectivity index (χ0n) is 14.7. The summed E-state index contributed by atoms with van der Waals surface area (Å²) in [7, 11) is 1.81. The van der Waals surface area contributed by atoms with Gasteiger partial charge in [-0.15, -0.1) is 0 Å². The maximum Gasteiger partial charge on any atom is 0.317 e. The molecule has 3 rings (SSSR count). The van der Waals surface area contributed by atoms with E-state index in [2.05, 4.69) is 10.2 Å². The molecule has 3 aliphatic heterocycles. The molecule has 7 heteroatoms. The lowest BCUT2D eigenvalue weighted by molar-refractivity contribution is -0.132. The van der Waals surface area contributed by atoms with E-state index < -0.39 is 0 Å². The number of rotatable bonds is 3. The molecule has 3 amide bonds. The molecule has 1 unspecified atom stereocenters. The van der Waals surface area contributed by atoms with Crippen LogP contribution in [0, 0.1) is 5.92 Å². The van der Waals surface area contributed by atoms with Crippen LogP contribution in [0.25, 0.3) is 0 Å². The van der Waals surface area contributed by atoms with Gasteiger partial charge in [0.2, 0.25) is 5.91 Å². The van der Waals surface area contributed by atoms with Gasteiger partial charge in [0, 0.05) is 58.8 Å². The number of carbonyl (C=O) groups excluding carboxylic acids is 2. The Morgan fingerprint density at radius 3 is 2.75 bits per heavy atom. The van der Waals surface area contributed by atoms with Crippen LogP contribution in [0.3, 0.4) is 0 Å². The summed E-state index contributed by atoms with van der Waals surface area (Å²) in [6.45, 7) is 7.02. The van der Waals surface area contributed by atoms with Crippen molar-refractivity contribution in [3.05, 3.63) is 0 Å². The van der Waals surface area contributed by atoms with Crippen molar-refractivity contribution < 1.29 is 14.3 Å². The van der Waals surface area contributed by atoms with Crippen LogP contribution in [0.15, 0.2) is 0 Å². The number of likely N-dealkylation sites (tertiary alicyclic amines) is 2. The third kappa shape index (κ3) is 4.60. The number of hydrogen-bond acceptors (Lipinski definition) is 4. The molecule has 0 saturated carbocycles.